The Hall–Kier alpha value is -4.27. The minimum Gasteiger partial charge on any atom is -0.321 e. The summed E-state index contributed by atoms with van der Waals surface area (Å²) < 4.78 is 4.70. The van der Waals surface area contributed by atoms with E-state index in [4.69, 9.17) is 4.98 Å². The smallest absolute Gasteiger partial charge is 0.321 e. The number of rotatable bonds is 8. The molecule has 8 heteroatoms. The largest absolute Gasteiger partial charge is 0.332 e. The van der Waals surface area contributed by atoms with Crippen LogP contribution in [0.4, 0.5) is 0 Å². The minimum absolute atomic E-state index is 0.201. The molecule has 0 atom stereocenters. The Bertz CT molecular complexity index is 1690. The minimum atomic E-state index is -0.358. The van der Waals surface area contributed by atoms with E-state index in [2.05, 4.69) is 82.6 Å². The van der Waals surface area contributed by atoms with Crippen LogP contribution in [0.25, 0.3) is 11.2 Å². The summed E-state index contributed by atoms with van der Waals surface area (Å²) in [5.74, 6) is 0.824. The Labute approximate surface area is 239 Å². The molecule has 2 aromatic heterocycles. The van der Waals surface area contributed by atoms with Gasteiger partial charge >= 0.3 is 5.69 Å². The van der Waals surface area contributed by atoms with E-state index in [0.29, 0.717) is 24.3 Å². The zero-order valence-electron chi connectivity index (χ0n) is 23.7. The highest BCUT2D eigenvalue weighted by atomic mass is 16.2. The lowest BCUT2D eigenvalue weighted by atomic mass is 9.96. The van der Waals surface area contributed by atoms with E-state index in [1.807, 2.05) is 22.8 Å². The molecule has 3 heterocycles. The first kappa shape index (κ1) is 26.9. The Morgan fingerprint density at radius 1 is 0.732 bits per heavy atom. The van der Waals surface area contributed by atoms with Crippen LogP contribution in [0.1, 0.15) is 28.6 Å². The number of imidazole rings is 1. The quantitative estimate of drug-likeness (QED) is 0.297. The summed E-state index contributed by atoms with van der Waals surface area (Å²) in [6.07, 6.45) is 0.773. The second kappa shape index (κ2) is 11.7. The van der Waals surface area contributed by atoms with Crippen molar-refractivity contribution in [2.45, 2.75) is 25.6 Å². The van der Waals surface area contributed by atoms with E-state index >= 15 is 0 Å². The molecule has 6 rings (SSSR count). The molecule has 41 heavy (non-hydrogen) atoms. The topological polar surface area (TPSA) is 68.3 Å². The SMILES string of the molecule is Cn1c(=O)c2c(nc(CN3CCN(C(c4ccccc4)c4ccccc4)CC3)n2CCc2ccccc2)n(C)c1=O. The summed E-state index contributed by atoms with van der Waals surface area (Å²) in [6, 6.07) is 31.9. The molecular weight excluding hydrogens is 512 g/mol. The van der Waals surface area contributed by atoms with Gasteiger partial charge < -0.3 is 4.57 Å². The first-order chi connectivity index (χ1) is 20.0. The number of aryl methyl sites for hydroxylation is 3. The fourth-order valence-electron chi connectivity index (χ4n) is 6.00. The summed E-state index contributed by atoms with van der Waals surface area (Å²) in [5.41, 5.74) is 4.08. The molecule has 0 bridgehead atoms. The second-order valence-electron chi connectivity index (χ2n) is 10.8. The van der Waals surface area contributed by atoms with Crippen molar-refractivity contribution in [1.82, 2.24) is 28.5 Å². The lowest BCUT2D eigenvalue weighted by Gasteiger charge is -2.39. The van der Waals surface area contributed by atoms with Crippen molar-refractivity contribution in [2.24, 2.45) is 14.1 Å². The number of hydrogen-bond acceptors (Lipinski definition) is 5. The van der Waals surface area contributed by atoms with Gasteiger partial charge in [0.05, 0.1) is 12.6 Å². The summed E-state index contributed by atoms with van der Waals surface area (Å²) in [6.45, 7) is 4.84. The number of fused-ring (bicyclic) bond motifs is 1. The van der Waals surface area contributed by atoms with Crippen LogP contribution in [-0.2, 0) is 33.6 Å². The standard InChI is InChI=1S/C33H36N6O2/c1-35-31-30(32(40)36(2)33(35)41)39(19-18-25-12-6-3-7-13-25)28(34-31)24-37-20-22-38(23-21-37)29(26-14-8-4-9-15-26)27-16-10-5-11-17-27/h3-17,29H,18-24H2,1-2H3. The Kier molecular flexibility index (Phi) is 7.67. The molecule has 5 aromatic rings. The van der Waals surface area contributed by atoms with Crippen molar-refractivity contribution >= 4 is 11.2 Å². The maximum Gasteiger partial charge on any atom is 0.332 e. The van der Waals surface area contributed by atoms with Crippen molar-refractivity contribution in [3.63, 3.8) is 0 Å². The van der Waals surface area contributed by atoms with Gasteiger partial charge in [-0.25, -0.2) is 9.78 Å². The molecule has 1 aliphatic heterocycles. The Balaban J connectivity index is 1.27. The van der Waals surface area contributed by atoms with E-state index in [0.717, 1.165) is 38.4 Å². The number of aromatic nitrogens is 4. The molecule has 0 aliphatic carbocycles. The summed E-state index contributed by atoms with van der Waals surface area (Å²) in [7, 11) is 3.22. The van der Waals surface area contributed by atoms with Crippen molar-refractivity contribution < 1.29 is 0 Å². The summed E-state index contributed by atoms with van der Waals surface area (Å²) in [5, 5.41) is 0. The molecule has 0 amide bonds. The molecule has 3 aromatic carbocycles. The molecule has 0 radical (unpaired) electrons. The van der Waals surface area contributed by atoms with Gasteiger partial charge in [-0.15, -0.1) is 0 Å². The molecule has 0 unspecified atom stereocenters. The normalized spacial score (nSPS) is 14.7. The maximum atomic E-state index is 13.3. The van der Waals surface area contributed by atoms with Crippen LogP contribution in [0, 0.1) is 0 Å². The molecule has 210 valence electrons. The number of benzene rings is 3. The third-order valence-electron chi connectivity index (χ3n) is 8.26. The van der Waals surface area contributed by atoms with Gasteiger partial charge in [-0.05, 0) is 23.1 Å². The Morgan fingerprint density at radius 3 is 1.88 bits per heavy atom. The third-order valence-corrected chi connectivity index (χ3v) is 8.26. The van der Waals surface area contributed by atoms with E-state index < -0.39 is 0 Å². The summed E-state index contributed by atoms with van der Waals surface area (Å²) in [4.78, 5) is 35.8. The van der Waals surface area contributed by atoms with Gasteiger partial charge in [0.1, 0.15) is 5.82 Å². The lowest BCUT2D eigenvalue weighted by Crippen LogP contribution is -2.47. The zero-order chi connectivity index (χ0) is 28.3. The van der Waals surface area contributed by atoms with E-state index in [1.165, 1.54) is 32.9 Å². The predicted molar refractivity (Wildman–Crippen MR) is 162 cm³/mol. The number of piperazine rings is 1. The van der Waals surface area contributed by atoms with Crippen LogP contribution < -0.4 is 11.2 Å². The zero-order valence-corrected chi connectivity index (χ0v) is 23.7. The van der Waals surface area contributed by atoms with Crippen molar-refractivity contribution in [1.29, 1.82) is 0 Å². The molecular formula is C33H36N6O2. The molecule has 8 nitrogen and oxygen atoms in total. The van der Waals surface area contributed by atoms with Gasteiger partial charge in [0, 0.05) is 46.8 Å². The van der Waals surface area contributed by atoms with Gasteiger partial charge in [-0.2, -0.15) is 0 Å². The maximum absolute atomic E-state index is 13.3. The molecule has 0 spiro atoms. The van der Waals surface area contributed by atoms with Gasteiger partial charge in [-0.3, -0.25) is 23.7 Å². The van der Waals surface area contributed by atoms with E-state index in [1.54, 1.807) is 7.05 Å². The highest BCUT2D eigenvalue weighted by Gasteiger charge is 2.28. The van der Waals surface area contributed by atoms with Crippen LogP contribution >= 0.6 is 0 Å². The fraction of sp³-hybridized carbons (Fsp3) is 0.303. The highest BCUT2D eigenvalue weighted by Crippen LogP contribution is 2.29. The summed E-state index contributed by atoms with van der Waals surface area (Å²) >= 11 is 0. The van der Waals surface area contributed by atoms with Gasteiger partial charge in [0.2, 0.25) is 0 Å². The van der Waals surface area contributed by atoms with Crippen LogP contribution in [0.5, 0.6) is 0 Å². The average molecular weight is 549 g/mol. The van der Waals surface area contributed by atoms with E-state index in [9.17, 15) is 9.59 Å². The van der Waals surface area contributed by atoms with Crippen LogP contribution in [0.2, 0.25) is 0 Å². The van der Waals surface area contributed by atoms with E-state index in [-0.39, 0.29) is 17.3 Å². The molecule has 1 aliphatic rings. The third kappa shape index (κ3) is 5.40. The van der Waals surface area contributed by atoms with Gasteiger partial charge in [0.25, 0.3) is 5.56 Å². The van der Waals surface area contributed by atoms with Crippen molar-refractivity contribution in [3.8, 4) is 0 Å². The first-order valence-corrected chi connectivity index (χ1v) is 14.3. The Morgan fingerprint density at radius 2 is 1.29 bits per heavy atom. The molecule has 1 saturated heterocycles. The van der Waals surface area contributed by atoms with Gasteiger partial charge in [-0.1, -0.05) is 91.0 Å². The fourth-order valence-corrected chi connectivity index (χ4v) is 6.00. The lowest BCUT2D eigenvalue weighted by molar-refractivity contribution is 0.102. The first-order valence-electron chi connectivity index (χ1n) is 14.3. The van der Waals surface area contributed by atoms with Crippen LogP contribution in [0.15, 0.2) is 101 Å². The molecule has 1 fully saturated rings. The molecule has 0 N–H and O–H groups in total. The van der Waals surface area contributed by atoms with Crippen molar-refractivity contribution in [3.05, 3.63) is 134 Å². The monoisotopic (exact) mass is 548 g/mol. The molecule has 0 saturated carbocycles. The second-order valence-corrected chi connectivity index (χ2v) is 10.8. The average Bonchev–Trinajstić information content (AvgIpc) is 3.38. The number of hydrogen-bond donors (Lipinski definition) is 0. The number of nitrogens with zero attached hydrogens (tertiary/aromatic N) is 6. The van der Waals surface area contributed by atoms with Crippen LogP contribution in [-0.4, -0.2) is 54.7 Å². The van der Waals surface area contributed by atoms with Gasteiger partial charge in [0.15, 0.2) is 11.2 Å². The van der Waals surface area contributed by atoms with Crippen molar-refractivity contribution in [2.75, 3.05) is 26.2 Å². The van der Waals surface area contributed by atoms with Crippen LogP contribution in [0.3, 0.4) is 0 Å². The predicted octanol–water partition coefficient (Wildman–Crippen LogP) is 3.58. The highest BCUT2D eigenvalue weighted by molar-refractivity contribution is 5.71.